The Hall–Kier alpha value is -1.36. The van der Waals surface area contributed by atoms with E-state index in [2.05, 4.69) is 14.5 Å². The average Bonchev–Trinajstić information content (AvgIpc) is 2.84. The molecule has 1 N–H and O–H groups in total. The van der Waals surface area contributed by atoms with E-state index >= 15 is 0 Å². The number of aliphatic carboxylic acids is 1. The molecule has 0 radical (unpaired) electrons. The van der Waals surface area contributed by atoms with Crippen LogP contribution in [-0.2, 0) is 11.3 Å². The molecule has 5 nitrogen and oxygen atoms in total. The highest BCUT2D eigenvalue weighted by atomic mass is 16.4. The fourth-order valence-corrected chi connectivity index (χ4v) is 2.56. The first kappa shape index (κ1) is 13.1. The fourth-order valence-electron chi connectivity index (χ4n) is 2.56. The quantitative estimate of drug-likeness (QED) is 0.831. The molecule has 1 aliphatic rings. The average molecular weight is 251 g/mol. The molecule has 0 spiro atoms. The molecule has 100 valence electrons. The zero-order valence-corrected chi connectivity index (χ0v) is 10.7. The number of carboxylic acids is 1. The largest absolute Gasteiger partial charge is 0.481 e. The lowest BCUT2D eigenvalue weighted by atomic mass is 9.93. The standard InChI is InChI=1S/C13H21N3O2/c17-13(18)10-12-2-7-15(8-3-12)5-1-6-16-9-4-14-11-16/h4,9,11-12H,1-3,5-8,10H2,(H,17,18). The zero-order valence-electron chi connectivity index (χ0n) is 10.7. The highest BCUT2D eigenvalue weighted by Crippen LogP contribution is 2.20. The highest BCUT2D eigenvalue weighted by molar-refractivity contribution is 5.67. The fraction of sp³-hybridized carbons (Fsp3) is 0.692. The van der Waals surface area contributed by atoms with E-state index in [1.807, 2.05) is 12.5 Å². The summed E-state index contributed by atoms with van der Waals surface area (Å²) in [5.74, 6) is -0.277. The smallest absolute Gasteiger partial charge is 0.303 e. The molecule has 18 heavy (non-hydrogen) atoms. The van der Waals surface area contributed by atoms with Gasteiger partial charge in [0.25, 0.3) is 0 Å². The number of rotatable bonds is 6. The maximum Gasteiger partial charge on any atom is 0.303 e. The van der Waals surface area contributed by atoms with Crippen LogP contribution in [0.5, 0.6) is 0 Å². The molecule has 0 aliphatic carbocycles. The zero-order chi connectivity index (χ0) is 12.8. The number of aromatic nitrogens is 2. The molecular formula is C13H21N3O2. The van der Waals surface area contributed by atoms with Crippen LogP contribution in [-0.4, -0.2) is 45.2 Å². The first-order valence-corrected chi connectivity index (χ1v) is 6.64. The molecular weight excluding hydrogens is 230 g/mol. The van der Waals surface area contributed by atoms with Gasteiger partial charge in [0.1, 0.15) is 0 Å². The third-order valence-electron chi connectivity index (χ3n) is 3.62. The minimum Gasteiger partial charge on any atom is -0.481 e. The van der Waals surface area contributed by atoms with Gasteiger partial charge in [-0.2, -0.15) is 0 Å². The molecule has 0 atom stereocenters. The summed E-state index contributed by atoms with van der Waals surface area (Å²) in [5, 5.41) is 8.76. The lowest BCUT2D eigenvalue weighted by Gasteiger charge is -2.31. The summed E-state index contributed by atoms with van der Waals surface area (Å²) in [6.07, 6.45) is 9.15. The highest BCUT2D eigenvalue weighted by Gasteiger charge is 2.20. The Morgan fingerprint density at radius 2 is 2.11 bits per heavy atom. The minimum atomic E-state index is -0.659. The predicted octanol–water partition coefficient (Wildman–Crippen LogP) is 1.46. The number of aryl methyl sites for hydroxylation is 1. The normalized spacial score (nSPS) is 18.0. The molecule has 2 rings (SSSR count). The lowest BCUT2D eigenvalue weighted by molar-refractivity contribution is -0.138. The van der Waals surface area contributed by atoms with Crippen molar-refractivity contribution in [2.75, 3.05) is 19.6 Å². The number of hydrogen-bond donors (Lipinski definition) is 1. The maximum atomic E-state index is 10.6. The van der Waals surface area contributed by atoms with Gasteiger partial charge in [-0.3, -0.25) is 4.79 Å². The minimum absolute atomic E-state index is 0.336. The van der Waals surface area contributed by atoms with Gasteiger partial charge in [0.15, 0.2) is 0 Å². The SMILES string of the molecule is O=C(O)CC1CCN(CCCn2ccnc2)CC1. The molecule has 1 aliphatic heterocycles. The summed E-state index contributed by atoms with van der Waals surface area (Å²) in [6, 6.07) is 0. The Labute approximate surface area is 107 Å². The molecule has 0 aromatic carbocycles. The number of carboxylic acid groups (broad SMARTS) is 1. The van der Waals surface area contributed by atoms with Crippen LogP contribution in [0.25, 0.3) is 0 Å². The number of nitrogens with zero attached hydrogens (tertiary/aromatic N) is 3. The predicted molar refractivity (Wildman–Crippen MR) is 68.3 cm³/mol. The van der Waals surface area contributed by atoms with Crippen LogP contribution in [0.1, 0.15) is 25.7 Å². The van der Waals surface area contributed by atoms with Gasteiger partial charge in [-0.15, -0.1) is 0 Å². The van der Waals surface area contributed by atoms with Crippen LogP contribution in [0.4, 0.5) is 0 Å². The third kappa shape index (κ3) is 4.14. The van der Waals surface area contributed by atoms with Crippen LogP contribution in [0.2, 0.25) is 0 Å². The van der Waals surface area contributed by atoms with Crippen LogP contribution in [0, 0.1) is 5.92 Å². The summed E-state index contributed by atoms with van der Waals surface area (Å²) < 4.78 is 2.09. The lowest BCUT2D eigenvalue weighted by Crippen LogP contribution is -2.35. The summed E-state index contributed by atoms with van der Waals surface area (Å²) in [7, 11) is 0. The summed E-state index contributed by atoms with van der Waals surface area (Å²) in [4.78, 5) is 17.1. The molecule has 1 aromatic heterocycles. The van der Waals surface area contributed by atoms with Gasteiger partial charge in [0, 0.05) is 25.4 Å². The second-order valence-electron chi connectivity index (χ2n) is 5.04. The number of likely N-dealkylation sites (tertiary alicyclic amines) is 1. The van der Waals surface area contributed by atoms with Crippen molar-refractivity contribution in [1.82, 2.24) is 14.5 Å². The monoisotopic (exact) mass is 251 g/mol. The Kier molecular flexibility index (Phi) is 4.75. The van der Waals surface area contributed by atoms with E-state index in [1.165, 1.54) is 0 Å². The molecule has 0 bridgehead atoms. The molecule has 1 fully saturated rings. The first-order chi connectivity index (χ1) is 8.74. The van der Waals surface area contributed by atoms with Gasteiger partial charge < -0.3 is 14.6 Å². The Morgan fingerprint density at radius 1 is 1.33 bits per heavy atom. The van der Waals surface area contributed by atoms with E-state index < -0.39 is 5.97 Å². The van der Waals surface area contributed by atoms with Crippen molar-refractivity contribution < 1.29 is 9.90 Å². The van der Waals surface area contributed by atoms with Gasteiger partial charge in [-0.1, -0.05) is 0 Å². The van der Waals surface area contributed by atoms with Gasteiger partial charge >= 0.3 is 5.97 Å². The summed E-state index contributed by atoms with van der Waals surface area (Å²) in [5.41, 5.74) is 0. The number of piperidine rings is 1. The third-order valence-corrected chi connectivity index (χ3v) is 3.62. The van der Waals surface area contributed by atoms with E-state index in [0.717, 1.165) is 45.4 Å². The van der Waals surface area contributed by atoms with Gasteiger partial charge in [-0.25, -0.2) is 4.98 Å². The van der Waals surface area contributed by atoms with Crippen molar-refractivity contribution in [3.8, 4) is 0 Å². The van der Waals surface area contributed by atoms with Crippen molar-refractivity contribution in [2.45, 2.75) is 32.2 Å². The van der Waals surface area contributed by atoms with Crippen LogP contribution in [0.15, 0.2) is 18.7 Å². The van der Waals surface area contributed by atoms with Crippen molar-refractivity contribution in [1.29, 1.82) is 0 Å². The van der Waals surface area contributed by atoms with E-state index in [1.54, 1.807) is 6.20 Å². The maximum absolute atomic E-state index is 10.6. The number of imidazole rings is 1. The Bertz CT molecular complexity index is 356. The van der Waals surface area contributed by atoms with Crippen LogP contribution >= 0.6 is 0 Å². The van der Waals surface area contributed by atoms with Gasteiger partial charge in [0.05, 0.1) is 6.33 Å². The van der Waals surface area contributed by atoms with E-state index in [-0.39, 0.29) is 0 Å². The Morgan fingerprint density at radius 3 is 2.72 bits per heavy atom. The molecule has 5 heteroatoms. The molecule has 1 saturated heterocycles. The number of carbonyl (C=O) groups is 1. The van der Waals surface area contributed by atoms with Crippen molar-refractivity contribution >= 4 is 5.97 Å². The van der Waals surface area contributed by atoms with Crippen LogP contribution in [0.3, 0.4) is 0 Å². The van der Waals surface area contributed by atoms with Crippen molar-refractivity contribution in [3.63, 3.8) is 0 Å². The molecule has 0 saturated carbocycles. The molecule has 0 amide bonds. The topological polar surface area (TPSA) is 58.4 Å². The molecule has 2 heterocycles. The number of hydrogen-bond acceptors (Lipinski definition) is 3. The van der Waals surface area contributed by atoms with E-state index in [9.17, 15) is 4.79 Å². The van der Waals surface area contributed by atoms with Gasteiger partial charge in [-0.05, 0) is 44.8 Å². The van der Waals surface area contributed by atoms with Gasteiger partial charge in [0.2, 0.25) is 0 Å². The molecule has 1 aromatic rings. The van der Waals surface area contributed by atoms with E-state index in [4.69, 9.17) is 5.11 Å². The second kappa shape index (κ2) is 6.54. The first-order valence-electron chi connectivity index (χ1n) is 6.64. The second-order valence-corrected chi connectivity index (χ2v) is 5.04. The van der Waals surface area contributed by atoms with Crippen LogP contribution < -0.4 is 0 Å². The molecule has 0 unspecified atom stereocenters. The Balaban J connectivity index is 1.60. The summed E-state index contributed by atoms with van der Waals surface area (Å²) in [6.45, 7) is 4.19. The van der Waals surface area contributed by atoms with Crippen molar-refractivity contribution in [3.05, 3.63) is 18.7 Å². The van der Waals surface area contributed by atoms with Crippen molar-refractivity contribution in [2.24, 2.45) is 5.92 Å². The summed E-state index contributed by atoms with van der Waals surface area (Å²) >= 11 is 0. The van der Waals surface area contributed by atoms with E-state index in [0.29, 0.717) is 12.3 Å².